The van der Waals surface area contributed by atoms with Gasteiger partial charge in [-0.1, -0.05) is 0 Å². The van der Waals surface area contributed by atoms with Gasteiger partial charge in [-0.3, -0.25) is 14.7 Å². The molecule has 2 aromatic rings. The van der Waals surface area contributed by atoms with Crippen LogP contribution in [0.2, 0.25) is 0 Å². The molecule has 27 heavy (non-hydrogen) atoms. The summed E-state index contributed by atoms with van der Waals surface area (Å²) in [4.78, 5) is 22.1. The molecular formula is C19H21F3N4O. The average molecular weight is 378 g/mol. The van der Waals surface area contributed by atoms with E-state index in [0.29, 0.717) is 11.3 Å². The van der Waals surface area contributed by atoms with Crippen LogP contribution in [0.5, 0.6) is 0 Å². The molecule has 0 saturated carbocycles. The van der Waals surface area contributed by atoms with Gasteiger partial charge in [0, 0.05) is 31.4 Å². The Morgan fingerprint density at radius 2 is 2.11 bits per heavy atom. The molecule has 144 valence electrons. The molecule has 0 radical (unpaired) electrons. The van der Waals surface area contributed by atoms with E-state index < -0.39 is 23.7 Å². The fourth-order valence-corrected chi connectivity index (χ4v) is 3.26. The van der Waals surface area contributed by atoms with Gasteiger partial charge >= 0.3 is 0 Å². The van der Waals surface area contributed by atoms with E-state index in [1.807, 2.05) is 0 Å². The second-order valence-electron chi connectivity index (χ2n) is 6.82. The molecule has 2 aromatic heterocycles. The van der Waals surface area contributed by atoms with Crippen molar-refractivity contribution in [2.75, 3.05) is 18.4 Å². The third-order valence-electron chi connectivity index (χ3n) is 4.89. The zero-order valence-electron chi connectivity index (χ0n) is 15.1. The van der Waals surface area contributed by atoms with E-state index in [1.165, 1.54) is 18.3 Å². The first-order valence-electron chi connectivity index (χ1n) is 8.73. The van der Waals surface area contributed by atoms with Crippen molar-refractivity contribution in [3.05, 3.63) is 53.7 Å². The fourth-order valence-electron chi connectivity index (χ4n) is 3.26. The normalized spacial score (nSPS) is 20.9. The molecule has 1 aliphatic rings. The zero-order valence-corrected chi connectivity index (χ0v) is 15.1. The smallest absolute Gasteiger partial charge is 0.257 e. The second-order valence-corrected chi connectivity index (χ2v) is 6.82. The molecule has 1 aliphatic heterocycles. The summed E-state index contributed by atoms with van der Waals surface area (Å²) in [6, 6.07) is 5.18. The average Bonchev–Trinajstić information content (AvgIpc) is 2.63. The minimum Gasteiger partial charge on any atom is -0.309 e. The fraction of sp³-hybridized carbons (Fsp3) is 0.421. The highest BCUT2D eigenvalue weighted by Gasteiger charge is 2.46. The summed E-state index contributed by atoms with van der Waals surface area (Å²) in [7, 11) is 0. The highest BCUT2D eigenvalue weighted by molar-refractivity contribution is 5.93. The van der Waals surface area contributed by atoms with E-state index in [9.17, 15) is 18.0 Å². The summed E-state index contributed by atoms with van der Waals surface area (Å²) in [5.74, 6) is -4.51. The number of carbonyl (C=O) groups excluding carboxylic acids is 1. The first-order chi connectivity index (χ1) is 12.8. The highest BCUT2D eigenvalue weighted by Crippen LogP contribution is 2.40. The molecule has 0 spiro atoms. The predicted octanol–water partition coefficient (Wildman–Crippen LogP) is 3.38. The SMILES string of the molecule is Cc1cc(C2CN(C(C)C(=O)Nc3ccc(F)cn3)CCC2(F)F)ccn1. The molecule has 2 unspecified atom stereocenters. The van der Waals surface area contributed by atoms with Gasteiger partial charge < -0.3 is 5.32 Å². The highest BCUT2D eigenvalue weighted by atomic mass is 19.3. The van der Waals surface area contributed by atoms with Crippen LogP contribution >= 0.6 is 0 Å². The molecule has 0 aromatic carbocycles. The van der Waals surface area contributed by atoms with Crippen molar-refractivity contribution < 1.29 is 18.0 Å². The number of aryl methyl sites for hydroxylation is 1. The topological polar surface area (TPSA) is 58.1 Å². The summed E-state index contributed by atoms with van der Waals surface area (Å²) in [6.07, 6.45) is 2.20. The number of piperidine rings is 1. The number of pyridine rings is 2. The quantitative estimate of drug-likeness (QED) is 0.886. The van der Waals surface area contributed by atoms with Gasteiger partial charge in [-0.05, 0) is 43.7 Å². The number of hydrogen-bond acceptors (Lipinski definition) is 4. The van der Waals surface area contributed by atoms with E-state index >= 15 is 0 Å². The Morgan fingerprint density at radius 1 is 1.33 bits per heavy atom. The van der Waals surface area contributed by atoms with E-state index in [4.69, 9.17) is 0 Å². The van der Waals surface area contributed by atoms with Gasteiger partial charge in [-0.15, -0.1) is 0 Å². The van der Waals surface area contributed by atoms with Crippen molar-refractivity contribution in [2.45, 2.75) is 38.2 Å². The maximum absolute atomic E-state index is 14.5. The molecule has 5 nitrogen and oxygen atoms in total. The van der Waals surface area contributed by atoms with Crippen LogP contribution in [0, 0.1) is 12.7 Å². The van der Waals surface area contributed by atoms with Crippen LogP contribution in [0.25, 0.3) is 0 Å². The van der Waals surface area contributed by atoms with Gasteiger partial charge in [0.15, 0.2) is 0 Å². The summed E-state index contributed by atoms with van der Waals surface area (Å²) in [5.41, 5.74) is 1.19. The van der Waals surface area contributed by atoms with Crippen molar-refractivity contribution in [1.29, 1.82) is 0 Å². The molecular weight excluding hydrogens is 357 g/mol. The summed E-state index contributed by atoms with van der Waals surface area (Å²) in [6.45, 7) is 3.59. The van der Waals surface area contributed by atoms with Crippen LogP contribution in [-0.2, 0) is 4.79 Å². The van der Waals surface area contributed by atoms with Crippen LogP contribution in [0.1, 0.15) is 30.5 Å². The van der Waals surface area contributed by atoms with Crippen molar-refractivity contribution >= 4 is 11.7 Å². The molecule has 3 heterocycles. The Morgan fingerprint density at radius 3 is 2.78 bits per heavy atom. The van der Waals surface area contributed by atoms with Crippen LogP contribution in [0.4, 0.5) is 19.0 Å². The minimum atomic E-state index is -2.85. The van der Waals surface area contributed by atoms with Gasteiger partial charge in [-0.25, -0.2) is 18.2 Å². The lowest BCUT2D eigenvalue weighted by Gasteiger charge is -2.40. The molecule has 3 rings (SSSR count). The Hall–Kier alpha value is -2.48. The van der Waals surface area contributed by atoms with Crippen LogP contribution in [0.3, 0.4) is 0 Å². The minimum absolute atomic E-state index is 0.0574. The maximum Gasteiger partial charge on any atom is 0.257 e. The van der Waals surface area contributed by atoms with Crippen LogP contribution in [0.15, 0.2) is 36.7 Å². The van der Waals surface area contributed by atoms with Gasteiger partial charge in [0.05, 0.1) is 18.2 Å². The number of anilines is 1. The van der Waals surface area contributed by atoms with Gasteiger partial charge in [-0.2, -0.15) is 0 Å². The van der Waals surface area contributed by atoms with Gasteiger partial charge in [0.2, 0.25) is 5.91 Å². The molecule has 1 N–H and O–H groups in total. The summed E-state index contributed by atoms with van der Waals surface area (Å²) in [5, 5.41) is 2.59. The first-order valence-corrected chi connectivity index (χ1v) is 8.73. The van der Waals surface area contributed by atoms with Crippen molar-refractivity contribution in [2.24, 2.45) is 0 Å². The second kappa shape index (κ2) is 7.64. The lowest BCUT2D eigenvalue weighted by molar-refractivity contribution is -0.125. The van der Waals surface area contributed by atoms with Crippen molar-refractivity contribution in [1.82, 2.24) is 14.9 Å². The number of nitrogens with one attached hydrogen (secondary N) is 1. The number of amides is 1. The van der Waals surface area contributed by atoms with Crippen molar-refractivity contribution in [3.8, 4) is 0 Å². The first kappa shape index (κ1) is 19.3. The molecule has 1 amide bonds. The Bertz CT molecular complexity index is 813. The lowest BCUT2D eigenvalue weighted by Crippen LogP contribution is -2.52. The van der Waals surface area contributed by atoms with Crippen molar-refractivity contribution in [3.63, 3.8) is 0 Å². The molecule has 1 saturated heterocycles. The maximum atomic E-state index is 14.5. The number of rotatable bonds is 4. The number of likely N-dealkylation sites (tertiary alicyclic amines) is 1. The number of hydrogen-bond donors (Lipinski definition) is 1. The van der Waals surface area contributed by atoms with E-state index in [-0.39, 0.29) is 31.2 Å². The Balaban J connectivity index is 1.72. The van der Waals surface area contributed by atoms with Crippen LogP contribution in [-0.4, -0.2) is 45.8 Å². The van der Waals surface area contributed by atoms with Gasteiger partial charge in [0.25, 0.3) is 5.92 Å². The summed E-state index contributed by atoms with van der Waals surface area (Å²) >= 11 is 0. The summed E-state index contributed by atoms with van der Waals surface area (Å²) < 4.78 is 42.0. The Kier molecular flexibility index (Phi) is 5.46. The monoisotopic (exact) mass is 378 g/mol. The third-order valence-corrected chi connectivity index (χ3v) is 4.89. The molecule has 0 bridgehead atoms. The Labute approximate surface area is 155 Å². The molecule has 1 fully saturated rings. The predicted molar refractivity (Wildman–Crippen MR) is 95.1 cm³/mol. The van der Waals surface area contributed by atoms with E-state index in [1.54, 1.807) is 30.9 Å². The number of nitrogens with zero attached hydrogens (tertiary/aromatic N) is 3. The number of aromatic nitrogens is 2. The van der Waals surface area contributed by atoms with Gasteiger partial charge in [0.1, 0.15) is 11.6 Å². The molecule has 2 atom stereocenters. The number of carbonyl (C=O) groups is 1. The third kappa shape index (κ3) is 4.44. The van der Waals surface area contributed by atoms with E-state index in [0.717, 1.165) is 6.20 Å². The lowest BCUT2D eigenvalue weighted by atomic mass is 9.86. The zero-order chi connectivity index (χ0) is 19.6. The largest absolute Gasteiger partial charge is 0.309 e. The number of halogens is 3. The van der Waals surface area contributed by atoms with Crippen LogP contribution < -0.4 is 5.32 Å². The van der Waals surface area contributed by atoms with E-state index in [2.05, 4.69) is 15.3 Å². The number of alkyl halides is 2. The molecule has 8 heteroatoms. The standard InChI is InChI=1S/C19H21F3N4O/c1-12-9-14(5-7-23-12)16-11-26(8-6-19(16,21)22)13(2)18(27)25-17-4-3-15(20)10-24-17/h3-5,7,9-10,13,16H,6,8,11H2,1-2H3,(H,24,25,27). The molecule has 0 aliphatic carbocycles.